The van der Waals surface area contributed by atoms with Crippen molar-refractivity contribution in [2.24, 2.45) is 0 Å². The first kappa shape index (κ1) is 29.5. The highest BCUT2D eigenvalue weighted by atomic mass is 35.5. The lowest BCUT2D eigenvalue weighted by molar-refractivity contribution is -0.143. The highest BCUT2D eigenvalue weighted by molar-refractivity contribution is 6.35. The van der Waals surface area contributed by atoms with Crippen LogP contribution < -0.4 is 5.32 Å². The van der Waals surface area contributed by atoms with Crippen molar-refractivity contribution in [2.45, 2.75) is 56.2 Å². The molecular formula is C25H25Cl2F7N2O. The van der Waals surface area contributed by atoms with Crippen molar-refractivity contribution in [3.63, 3.8) is 0 Å². The Morgan fingerprint density at radius 3 is 2.03 bits per heavy atom. The van der Waals surface area contributed by atoms with E-state index < -0.39 is 53.4 Å². The molecule has 0 saturated carbocycles. The van der Waals surface area contributed by atoms with Gasteiger partial charge in [-0.15, -0.1) is 0 Å². The number of nitrogens with zero attached hydrogens (tertiary/aromatic N) is 1. The lowest BCUT2D eigenvalue weighted by Gasteiger charge is -2.38. The van der Waals surface area contributed by atoms with E-state index in [1.54, 1.807) is 0 Å². The number of benzene rings is 2. The van der Waals surface area contributed by atoms with Gasteiger partial charge in [-0.1, -0.05) is 29.3 Å². The van der Waals surface area contributed by atoms with Crippen molar-refractivity contribution >= 4 is 29.1 Å². The standard InChI is InChI=1S/C25H25Cl2F7N2O/c1-14(15-9-16(24(29,30)31)11-17(10-15)25(32,33)34)36(2)22(37)13-20(23(28)5-7-35-8-6-23)19-4-3-18(26)12-21(19)27/h3-4,9-12,14,20,35H,5-8,13H2,1-2H3. The maximum atomic E-state index is 16.2. The van der Waals surface area contributed by atoms with Crippen LogP contribution in [0.3, 0.4) is 0 Å². The molecule has 0 spiro atoms. The number of alkyl halides is 7. The third kappa shape index (κ3) is 6.89. The summed E-state index contributed by atoms with van der Waals surface area (Å²) in [5.74, 6) is -1.67. The van der Waals surface area contributed by atoms with Gasteiger partial charge in [-0.2, -0.15) is 26.3 Å². The summed E-state index contributed by atoms with van der Waals surface area (Å²) < 4.78 is 96.1. The van der Waals surface area contributed by atoms with Gasteiger partial charge in [-0.25, -0.2) is 4.39 Å². The summed E-state index contributed by atoms with van der Waals surface area (Å²) in [7, 11) is 1.26. The lowest BCUT2D eigenvalue weighted by Crippen LogP contribution is -2.44. The summed E-state index contributed by atoms with van der Waals surface area (Å²) in [6.07, 6.45) is -10.3. The first-order valence-electron chi connectivity index (χ1n) is 11.4. The largest absolute Gasteiger partial charge is 0.416 e. The highest BCUT2D eigenvalue weighted by Crippen LogP contribution is 2.45. The van der Waals surface area contributed by atoms with Crippen LogP contribution in [0.4, 0.5) is 30.7 Å². The number of nitrogens with one attached hydrogen (secondary N) is 1. The summed E-state index contributed by atoms with van der Waals surface area (Å²) in [6.45, 7) is 2.04. The van der Waals surface area contributed by atoms with E-state index in [0.717, 1.165) is 4.90 Å². The zero-order chi connectivity index (χ0) is 27.8. The third-order valence-corrected chi connectivity index (χ3v) is 7.41. The van der Waals surface area contributed by atoms with Crippen molar-refractivity contribution in [1.29, 1.82) is 0 Å². The van der Waals surface area contributed by atoms with Gasteiger partial charge in [-0.3, -0.25) is 4.79 Å². The number of rotatable bonds is 6. The van der Waals surface area contributed by atoms with E-state index in [9.17, 15) is 31.1 Å². The number of carbonyl (C=O) groups is 1. The summed E-state index contributed by atoms with van der Waals surface area (Å²) in [5, 5.41) is 3.52. The monoisotopic (exact) mass is 572 g/mol. The fourth-order valence-electron chi connectivity index (χ4n) is 4.52. The van der Waals surface area contributed by atoms with Crippen LogP contribution in [0.5, 0.6) is 0 Å². The van der Waals surface area contributed by atoms with E-state index >= 15 is 4.39 Å². The van der Waals surface area contributed by atoms with E-state index in [0.29, 0.717) is 35.8 Å². The van der Waals surface area contributed by atoms with E-state index in [1.807, 2.05) is 0 Å². The summed E-state index contributed by atoms with van der Waals surface area (Å²) >= 11 is 12.3. The molecule has 1 aliphatic rings. The minimum Gasteiger partial charge on any atom is -0.339 e. The first-order chi connectivity index (χ1) is 17.0. The van der Waals surface area contributed by atoms with E-state index in [1.165, 1.54) is 32.2 Å². The quantitative estimate of drug-likeness (QED) is 0.358. The minimum absolute atomic E-state index is 0.0283. The van der Waals surface area contributed by atoms with Gasteiger partial charge in [0.2, 0.25) is 5.91 Å². The molecule has 1 heterocycles. The topological polar surface area (TPSA) is 32.3 Å². The fourth-order valence-corrected chi connectivity index (χ4v) is 5.07. The molecule has 1 saturated heterocycles. The van der Waals surface area contributed by atoms with Crippen LogP contribution in [0, 0.1) is 0 Å². The van der Waals surface area contributed by atoms with Gasteiger partial charge in [-0.05, 0) is 74.3 Å². The number of piperidine rings is 1. The van der Waals surface area contributed by atoms with Crippen LogP contribution in [0.15, 0.2) is 36.4 Å². The Kier molecular flexibility index (Phi) is 8.76. The Bertz CT molecular complexity index is 1100. The summed E-state index contributed by atoms with van der Waals surface area (Å²) in [4.78, 5) is 14.3. The Morgan fingerprint density at radius 2 is 1.54 bits per heavy atom. The van der Waals surface area contributed by atoms with E-state index in [2.05, 4.69) is 5.32 Å². The lowest BCUT2D eigenvalue weighted by atomic mass is 9.75. The SMILES string of the molecule is CC(c1cc(C(F)(F)F)cc(C(F)(F)F)c1)N(C)C(=O)CC(c1ccc(Cl)cc1Cl)C1(F)CCNCC1. The second kappa shape index (κ2) is 11.0. The van der Waals surface area contributed by atoms with Gasteiger partial charge < -0.3 is 10.2 Å². The molecule has 37 heavy (non-hydrogen) atoms. The number of hydrogen-bond donors (Lipinski definition) is 1. The summed E-state index contributed by atoms with van der Waals surface area (Å²) in [5.41, 5.74) is -4.78. The molecule has 2 aromatic rings. The molecule has 2 aromatic carbocycles. The van der Waals surface area contributed by atoms with Gasteiger partial charge in [0.05, 0.1) is 17.2 Å². The minimum atomic E-state index is -5.02. The van der Waals surface area contributed by atoms with Crippen molar-refractivity contribution in [3.8, 4) is 0 Å². The second-order valence-electron chi connectivity index (χ2n) is 9.23. The molecule has 2 unspecified atom stereocenters. The fraction of sp³-hybridized carbons (Fsp3) is 0.480. The van der Waals surface area contributed by atoms with Gasteiger partial charge in [0.1, 0.15) is 5.67 Å². The van der Waals surface area contributed by atoms with Crippen LogP contribution in [0.2, 0.25) is 10.0 Å². The molecular weight excluding hydrogens is 548 g/mol. The third-order valence-electron chi connectivity index (χ3n) is 6.84. The van der Waals surface area contributed by atoms with Gasteiger partial charge in [0.15, 0.2) is 0 Å². The molecule has 1 aliphatic heterocycles. The average molecular weight is 573 g/mol. The van der Waals surface area contributed by atoms with Crippen molar-refractivity contribution in [2.75, 3.05) is 20.1 Å². The zero-order valence-electron chi connectivity index (χ0n) is 19.9. The zero-order valence-corrected chi connectivity index (χ0v) is 21.4. The second-order valence-corrected chi connectivity index (χ2v) is 10.1. The predicted octanol–water partition coefficient (Wildman–Crippen LogP) is 7.82. The number of carbonyl (C=O) groups excluding carboxylic acids is 1. The molecule has 204 valence electrons. The molecule has 1 N–H and O–H groups in total. The molecule has 0 aromatic heterocycles. The van der Waals surface area contributed by atoms with Crippen LogP contribution in [0.25, 0.3) is 0 Å². The average Bonchev–Trinajstić information content (AvgIpc) is 2.81. The van der Waals surface area contributed by atoms with Gasteiger partial charge in [0.25, 0.3) is 0 Å². The molecule has 12 heteroatoms. The maximum Gasteiger partial charge on any atom is 0.416 e. The number of hydrogen-bond acceptors (Lipinski definition) is 2. The van der Waals surface area contributed by atoms with Crippen LogP contribution in [-0.4, -0.2) is 36.6 Å². The van der Waals surface area contributed by atoms with Gasteiger partial charge in [0, 0.05) is 29.4 Å². The van der Waals surface area contributed by atoms with Crippen LogP contribution >= 0.6 is 23.2 Å². The summed E-state index contributed by atoms with van der Waals surface area (Å²) in [6, 6.07) is 4.49. The molecule has 3 rings (SSSR count). The Hall–Kier alpha value is -2.04. The molecule has 3 nitrogen and oxygen atoms in total. The molecule has 2 atom stereocenters. The smallest absolute Gasteiger partial charge is 0.339 e. The normalized spacial score (nSPS) is 17.8. The molecule has 1 fully saturated rings. The molecule has 0 radical (unpaired) electrons. The Balaban J connectivity index is 1.95. The van der Waals surface area contributed by atoms with Crippen LogP contribution in [0.1, 0.15) is 60.4 Å². The van der Waals surface area contributed by atoms with E-state index in [4.69, 9.17) is 23.2 Å². The van der Waals surface area contributed by atoms with Crippen molar-refractivity contribution in [3.05, 3.63) is 68.7 Å². The molecule has 1 amide bonds. The van der Waals surface area contributed by atoms with Crippen molar-refractivity contribution in [1.82, 2.24) is 10.2 Å². The van der Waals surface area contributed by atoms with Crippen molar-refractivity contribution < 1.29 is 35.5 Å². The Morgan fingerprint density at radius 1 is 1.00 bits per heavy atom. The molecule has 0 aliphatic carbocycles. The van der Waals surface area contributed by atoms with E-state index in [-0.39, 0.29) is 29.5 Å². The highest BCUT2D eigenvalue weighted by Gasteiger charge is 2.44. The predicted molar refractivity (Wildman–Crippen MR) is 127 cm³/mol. The Labute approximate surface area is 219 Å². The van der Waals surface area contributed by atoms with Crippen LogP contribution in [-0.2, 0) is 17.1 Å². The van der Waals surface area contributed by atoms with Gasteiger partial charge >= 0.3 is 12.4 Å². The number of amides is 1. The number of halogens is 9. The maximum absolute atomic E-state index is 16.2. The molecule has 0 bridgehead atoms. The first-order valence-corrected chi connectivity index (χ1v) is 12.2.